The summed E-state index contributed by atoms with van der Waals surface area (Å²) in [6.07, 6.45) is 2.28. The van der Waals surface area contributed by atoms with Crippen molar-refractivity contribution in [2.75, 3.05) is 19.7 Å². The number of benzene rings is 1. The fraction of sp³-hybridized carbons (Fsp3) is 0.647. The molecule has 0 aliphatic heterocycles. The summed E-state index contributed by atoms with van der Waals surface area (Å²) in [7, 11) is 0. The Morgan fingerprint density at radius 2 is 1.89 bits per heavy atom. The average Bonchev–Trinajstić information content (AvgIpc) is 2.34. The summed E-state index contributed by atoms with van der Waals surface area (Å²) in [6, 6.07) is 6.54. The monoisotopic (exact) mass is 263 g/mol. The molecule has 0 unspecified atom stereocenters. The minimum atomic E-state index is 0.203. The molecule has 0 atom stereocenters. The van der Waals surface area contributed by atoms with E-state index in [1.54, 1.807) is 0 Å². The molecule has 0 heterocycles. The molecule has 0 spiro atoms. The lowest BCUT2D eigenvalue weighted by atomic mass is 9.86. The zero-order valence-corrected chi connectivity index (χ0v) is 13.2. The SMILES string of the molecule is CCNCCCCOc1ccc(C(C)(C)C)cc1C. The minimum absolute atomic E-state index is 0.203. The van der Waals surface area contributed by atoms with Crippen LogP contribution in [0.5, 0.6) is 5.75 Å². The zero-order valence-electron chi connectivity index (χ0n) is 13.2. The van der Waals surface area contributed by atoms with Crippen LogP contribution in [0.3, 0.4) is 0 Å². The molecule has 2 nitrogen and oxygen atoms in total. The summed E-state index contributed by atoms with van der Waals surface area (Å²) in [5.41, 5.74) is 2.80. The Morgan fingerprint density at radius 3 is 2.47 bits per heavy atom. The highest BCUT2D eigenvalue weighted by Crippen LogP contribution is 2.27. The molecule has 0 saturated carbocycles. The van der Waals surface area contributed by atoms with E-state index in [0.717, 1.165) is 31.9 Å². The Labute approximate surface area is 118 Å². The third-order valence-electron chi connectivity index (χ3n) is 3.30. The molecule has 2 heteroatoms. The van der Waals surface area contributed by atoms with Gasteiger partial charge in [-0.1, -0.05) is 39.8 Å². The molecule has 0 aliphatic carbocycles. The van der Waals surface area contributed by atoms with Gasteiger partial charge in [0, 0.05) is 0 Å². The number of ether oxygens (including phenoxy) is 1. The van der Waals surface area contributed by atoms with Gasteiger partial charge in [-0.3, -0.25) is 0 Å². The van der Waals surface area contributed by atoms with Crippen LogP contribution in [-0.2, 0) is 5.41 Å². The number of hydrogen-bond acceptors (Lipinski definition) is 2. The molecule has 0 fully saturated rings. The van der Waals surface area contributed by atoms with Crippen molar-refractivity contribution in [1.82, 2.24) is 5.32 Å². The maximum Gasteiger partial charge on any atom is 0.122 e. The van der Waals surface area contributed by atoms with Crippen molar-refractivity contribution in [2.45, 2.75) is 52.9 Å². The van der Waals surface area contributed by atoms with Crippen LogP contribution < -0.4 is 10.1 Å². The molecule has 1 aromatic rings. The van der Waals surface area contributed by atoms with Gasteiger partial charge in [-0.15, -0.1) is 0 Å². The third-order valence-corrected chi connectivity index (χ3v) is 3.30. The maximum absolute atomic E-state index is 5.86. The standard InChI is InChI=1S/C17H29NO/c1-6-18-11-7-8-12-19-16-10-9-15(13-14(16)2)17(3,4)5/h9-10,13,18H,6-8,11-12H2,1-5H3. The lowest BCUT2D eigenvalue weighted by Gasteiger charge is -2.20. The van der Waals surface area contributed by atoms with Gasteiger partial charge in [0.25, 0.3) is 0 Å². The molecule has 1 N–H and O–H groups in total. The van der Waals surface area contributed by atoms with Crippen LogP contribution in [0.15, 0.2) is 18.2 Å². The highest BCUT2D eigenvalue weighted by molar-refractivity contribution is 5.38. The molecule has 1 rings (SSSR count). The van der Waals surface area contributed by atoms with Gasteiger partial charge in [-0.2, -0.15) is 0 Å². The number of hydrogen-bond donors (Lipinski definition) is 1. The van der Waals surface area contributed by atoms with E-state index in [-0.39, 0.29) is 5.41 Å². The topological polar surface area (TPSA) is 21.3 Å². The van der Waals surface area contributed by atoms with Crippen LogP contribution in [0.4, 0.5) is 0 Å². The van der Waals surface area contributed by atoms with Crippen molar-refractivity contribution in [2.24, 2.45) is 0 Å². The Morgan fingerprint density at radius 1 is 1.16 bits per heavy atom. The smallest absolute Gasteiger partial charge is 0.122 e. The van der Waals surface area contributed by atoms with Gasteiger partial charge < -0.3 is 10.1 Å². The van der Waals surface area contributed by atoms with Gasteiger partial charge in [0.15, 0.2) is 0 Å². The van der Waals surface area contributed by atoms with E-state index in [4.69, 9.17) is 4.74 Å². The predicted octanol–water partition coefficient (Wildman–Crippen LogP) is 4.06. The lowest BCUT2D eigenvalue weighted by Crippen LogP contribution is -2.15. The first-order chi connectivity index (χ1) is 8.95. The van der Waals surface area contributed by atoms with E-state index in [9.17, 15) is 0 Å². The summed E-state index contributed by atoms with van der Waals surface area (Å²) in [4.78, 5) is 0. The van der Waals surface area contributed by atoms with Crippen molar-refractivity contribution >= 4 is 0 Å². The van der Waals surface area contributed by atoms with Crippen molar-refractivity contribution in [1.29, 1.82) is 0 Å². The Balaban J connectivity index is 2.43. The predicted molar refractivity (Wildman–Crippen MR) is 83.2 cm³/mol. The number of unbranched alkanes of at least 4 members (excludes halogenated alkanes) is 1. The Hall–Kier alpha value is -1.02. The van der Waals surface area contributed by atoms with Gasteiger partial charge in [-0.25, -0.2) is 0 Å². The van der Waals surface area contributed by atoms with Gasteiger partial charge in [0.2, 0.25) is 0 Å². The van der Waals surface area contributed by atoms with E-state index in [1.165, 1.54) is 17.5 Å². The summed E-state index contributed by atoms with van der Waals surface area (Å²) in [5.74, 6) is 1.02. The van der Waals surface area contributed by atoms with Crippen LogP contribution in [0, 0.1) is 6.92 Å². The molecule has 108 valence electrons. The van der Waals surface area contributed by atoms with E-state index >= 15 is 0 Å². The molecule has 0 bridgehead atoms. The van der Waals surface area contributed by atoms with Gasteiger partial charge in [0.1, 0.15) is 5.75 Å². The highest BCUT2D eigenvalue weighted by Gasteiger charge is 2.14. The van der Waals surface area contributed by atoms with Crippen molar-refractivity contribution in [3.05, 3.63) is 29.3 Å². The minimum Gasteiger partial charge on any atom is -0.493 e. The van der Waals surface area contributed by atoms with Gasteiger partial charge in [0.05, 0.1) is 6.61 Å². The molecule has 1 aromatic carbocycles. The van der Waals surface area contributed by atoms with E-state index in [0.29, 0.717) is 0 Å². The summed E-state index contributed by atoms with van der Waals surface area (Å²) in [5, 5.41) is 3.33. The molecular weight excluding hydrogens is 234 g/mol. The normalized spacial score (nSPS) is 11.6. The average molecular weight is 263 g/mol. The Bertz CT molecular complexity index is 379. The first kappa shape index (κ1) is 16.0. The Kier molecular flexibility index (Phi) is 6.36. The number of aryl methyl sites for hydroxylation is 1. The number of rotatable bonds is 7. The summed E-state index contributed by atoms with van der Waals surface area (Å²) < 4.78 is 5.86. The van der Waals surface area contributed by atoms with Crippen LogP contribution in [0.1, 0.15) is 51.7 Å². The maximum atomic E-state index is 5.86. The first-order valence-electron chi connectivity index (χ1n) is 7.40. The van der Waals surface area contributed by atoms with Crippen LogP contribution in [0.2, 0.25) is 0 Å². The van der Waals surface area contributed by atoms with Gasteiger partial charge in [-0.05, 0) is 55.5 Å². The van der Waals surface area contributed by atoms with Crippen LogP contribution in [-0.4, -0.2) is 19.7 Å². The lowest BCUT2D eigenvalue weighted by molar-refractivity contribution is 0.304. The molecule has 0 aliphatic rings. The fourth-order valence-electron chi connectivity index (χ4n) is 1.99. The van der Waals surface area contributed by atoms with Crippen molar-refractivity contribution in [3.63, 3.8) is 0 Å². The summed E-state index contributed by atoms with van der Waals surface area (Å²) in [6.45, 7) is 13.9. The molecule has 0 radical (unpaired) electrons. The zero-order chi connectivity index (χ0) is 14.3. The first-order valence-corrected chi connectivity index (χ1v) is 7.40. The largest absolute Gasteiger partial charge is 0.493 e. The molecule has 0 aromatic heterocycles. The van der Waals surface area contributed by atoms with Crippen molar-refractivity contribution < 1.29 is 4.74 Å². The van der Waals surface area contributed by atoms with E-state index in [2.05, 4.69) is 58.1 Å². The second-order valence-corrected chi connectivity index (χ2v) is 6.14. The highest BCUT2D eigenvalue weighted by atomic mass is 16.5. The van der Waals surface area contributed by atoms with E-state index in [1.807, 2.05) is 0 Å². The van der Waals surface area contributed by atoms with Gasteiger partial charge >= 0.3 is 0 Å². The quantitative estimate of drug-likeness (QED) is 0.749. The number of nitrogens with one attached hydrogen (secondary N) is 1. The molecule has 0 amide bonds. The second-order valence-electron chi connectivity index (χ2n) is 6.14. The molecule has 0 saturated heterocycles. The summed E-state index contributed by atoms with van der Waals surface area (Å²) >= 11 is 0. The van der Waals surface area contributed by atoms with Crippen LogP contribution >= 0.6 is 0 Å². The fourth-order valence-corrected chi connectivity index (χ4v) is 1.99. The third kappa shape index (κ3) is 5.65. The molecule has 19 heavy (non-hydrogen) atoms. The second kappa shape index (κ2) is 7.54. The molecular formula is C17H29NO. The van der Waals surface area contributed by atoms with E-state index < -0.39 is 0 Å². The van der Waals surface area contributed by atoms with Crippen LogP contribution in [0.25, 0.3) is 0 Å². The van der Waals surface area contributed by atoms with Crippen molar-refractivity contribution in [3.8, 4) is 5.75 Å².